The van der Waals surface area contributed by atoms with E-state index in [-0.39, 0.29) is 0 Å². The molecule has 498 valence electrons. The highest BCUT2D eigenvalue weighted by atomic mass is 14.2. The molecule has 0 amide bonds. The molecule has 0 nitrogen and oxygen atoms in total. The highest BCUT2D eigenvalue weighted by molar-refractivity contribution is 5.79. The summed E-state index contributed by atoms with van der Waals surface area (Å²) in [4.78, 5) is 0. The second kappa shape index (κ2) is 34.5. The molecule has 100 heavy (non-hydrogen) atoms. The van der Waals surface area contributed by atoms with Crippen LogP contribution in [0, 0.1) is 96.9 Å². The van der Waals surface area contributed by atoms with Gasteiger partial charge >= 0.3 is 0 Å². The summed E-state index contributed by atoms with van der Waals surface area (Å²) in [6.07, 6.45) is 2.21. The van der Waals surface area contributed by atoms with Crippen LogP contribution >= 0.6 is 0 Å². The number of hydrogen-bond acceptors (Lipinski definition) is 0. The van der Waals surface area contributed by atoms with Gasteiger partial charge in [0.25, 0.3) is 0 Å². The first kappa shape index (κ1) is 71.8. The minimum absolute atomic E-state index is 1.10. The van der Waals surface area contributed by atoms with Crippen molar-refractivity contribution in [2.24, 2.45) is 0 Å². The Morgan fingerprint density at radius 3 is 0.740 bits per heavy atom. The van der Waals surface area contributed by atoms with Gasteiger partial charge in [-0.2, -0.15) is 0 Å². The Labute approximate surface area is 599 Å². The zero-order valence-corrected chi connectivity index (χ0v) is 61.4. The molecule has 0 atom stereocenters. The molecule has 0 bridgehead atoms. The van der Waals surface area contributed by atoms with Crippen molar-refractivity contribution in [3.8, 4) is 77.9 Å². The average Bonchev–Trinajstić information content (AvgIpc) is 1.64. The Morgan fingerprint density at radius 2 is 0.400 bits per heavy atom. The van der Waals surface area contributed by atoms with Gasteiger partial charge in [-0.05, 0) is 227 Å². The molecule has 0 saturated carbocycles. The van der Waals surface area contributed by atoms with Crippen LogP contribution in [-0.4, -0.2) is 0 Å². The van der Waals surface area contributed by atoms with Gasteiger partial charge in [-0.25, -0.2) is 0 Å². The summed E-state index contributed by atoms with van der Waals surface area (Å²) in [6.45, 7) is 29.9. The summed E-state index contributed by atoms with van der Waals surface area (Å²) in [5, 5.41) is 0. The maximum atomic E-state index is 2.31. The SMILES string of the molecule is Cc1ccc(-c2ccc(C)cc2)cc1.Cc1ccc(-c2cccc(C)c2)cc1.Cc1ccc(-c2ccccc2C)cc1.Cc1ccc2c(c1)-c1cc(C)ccc1C2.Cc1ccc2c(c1)Cc1cc(C)ccc1-2.Cc1cccc(-c2cccc(C)c2)c1.Cc1ccccc1-c1ccccc1C. The Kier molecular flexibility index (Phi) is 24.8. The molecule has 0 spiro atoms. The lowest BCUT2D eigenvalue weighted by Gasteiger charge is -2.08. The van der Waals surface area contributed by atoms with Crippen LogP contribution in [0.15, 0.2) is 315 Å². The Bertz CT molecular complexity index is 4770. The lowest BCUT2D eigenvalue weighted by atomic mass is 9.97. The first-order valence-corrected chi connectivity index (χ1v) is 35.3. The summed E-state index contributed by atoms with van der Waals surface area (Å²) < 4.78 is 0. The third-order valence-corrected chi connectivity index (χ3v) is 18.7. The van der Waals surface area contributed by atoms with Gasteiger partial charge in [0.2, 0.25) is 0 Å². The number of hydrogen-bond donors (Lipinski definition) is 0. The van der Waals surface area contributed by atoms with Crippen molar-refractivity contribution < 1.29 is 0 Å². The van der Waals surface area contributed by atoms with Crippen molar-refractivity contribution in [1.29, 1.82) is 0 Å². The van der Waals surface area contributed by atoms with Crippen LogP contribution in [0.2, 0.25) is 0 Å². The summed E-state index contributed by atoms with van der Waals surface area (Å²) >= 11 is 0. The van der Waals surface area contributed by atoms with Gasteiger partial charge in [0.15, 0.2) is 0 Å². The zero-order valence-electron chi connectivity index (χ0n) is 61.4. The third kappa shape index (κ3) is 19.9. The molecule has 0 aromatic heterocycles. The minimum Gasteiger partial charge on any atom is -0.0620 e. The molecule has 14 aromatic carbocycles. The van der Waals surface area contributed by atoms with Crippen LogP contribution in [0.4, 0.5) is 0 Å². The molecule has 0 heterocycles. The van der Waals surface area contributed by atoms with Crippen LogP contribution in [0.25, 0.3) is 77.9 Å². The van der Waals surface area contributed by atoms with Crippen LogP contribution in [0.3, 0.4) is 0 Å². The fourth-order valence-electron chi connectivity index (χ4n) is 13.0. The third-order valence-electron chi connectivity index (χ3n) is 18.7. The van der Waals surface area contributed by atoms with Gasteiger partial charge < -0.3 is 0 Å². The fourth-order valence-corrected chi connectivity index (χ4v) is 13.0. The van der Waals surface area contributed by atoms with Crippen LogP contribution in [-0.2, 0) is 12.8 Å². The summed E-state index contributed by atoms with van der Waals surface area (Å²) in [5.41, 5.74) is 43.3. The Hall–Kier alpha value is -10.9. The Morgan fingerprint density at radius 1 is 0.140 bits per heavy atom. The van der Waals surface area contributed by atoms with Crippen molar-refractivity contribution in [3.05, 3.63) is 416 Å². The largest absolute Gasteiger partial charge is 0.0620 e. The van der Waals surface area contributed by atoms with Crippen molar-refractivity contribution in [2.45, 2.75) is 110 Å². The Balaban J connectivity index is 0.000000126. The number of fused-ring (bicyclic) bond motifs is 6. The normalized spacial score (nSPS) is 10.8. The highest BCUT2D eigenvalue weighted by Gasteiger charge is 2.19. The predicted molar refractivity (Wildman–Crippen MR) is 435 cm³/mol. The second-order valence-electron chi connectivity index (χ2n) is 27.5. The summed E-state index contributed by atoms with van der Waals surface area (Å²) in [5.74, 6) is 0. The van der Waals surface area contributed by atoms with Crippen LogP contribution < -0.4 is 0 Å². The highest BCUT2D eigenvalue weighted by Crippen LogP contribution is 2.39. The van der Waals surface area contributed by atoms with E-state index in [4.69, 9.17) is 0 Å². The quantitative estimate of drug-likeness (QED) is 0.161. The maximum absolute atomic E-state index is 2.31. The van der Waals surface area contributed by atoms with Gasteiger partial charge in [-0.15, -0.1) is 0 Å². The fraction of sp³-hybridized carbons (Fsp3) is 0.160. The van der Waals surface area contributed by atoms with Crippen LogP contribution in [0.5, 0.6) is 0 Å². The molecule has 16 rings (SSSR count). The molecule has 0 saturated heterocycles. The lowest BCUT2D eigenvalue weighted by molar-refractivity contribution is 1.24. The molecular weight excluding hydrogens is 1200 g/mol. The first-order chi connectivity index (χ1) is 48.3. The van der Waals surface area contributed by atoms with Crippen molar-refractivity contribution in [1.82, 2.24) is 0 Å². The monoisotopic (exact) mass is 1300 g/mol. The van der Waals surface area contributed by atoms with Gasteiger partial charge in [0, 0.05) is 0 Å². The van der Waals surface area contributed by atoms with E-state index >= 15 is 0 Å². The molecule has 0 heteroatoms. The molecule has 2 aliphatic rings. The number of benzene rings is 14. The molecule has 0 radical (unpaired) electrons. The topological polar surface area (TPSA) is 0 Å². The van der Waals surface area contributed by atoms with Crippen molar-refractivity contribution in [2.75, 3.05) is 0 Å². The molecule has 0 fully saturated rings. The van der Waals surface area contributed by atoms with E-state index in [2.05, 4.69) is 412 Å². The van der Waals surface area contributed by atoms with E-state index in [1.807, 2.05) is 0 Å². The zero-order chi connectivity index (χ0) is 70.7. The predicted octanol–water partition coefficient (Wildman–Crippen LogP) is 27.6. The molecule has 0 aliphatic heterocycles. The number of rotatable bonds is 5. The second-order valence-corrected chi connectivity index (χ2v) is 27.5. The summed E-state index contributed by atoms with van der Waals surface area (Å²) in [6, 6.07) is 113. The first-order valence-electron chi connectivity index (χ1n) is 35.3. The van der Waals surface area contributed by atoms with Gasteiger partial charge in [0.1, 0.15) is 0 Å². The van der Waals surface area contributed by atoms with E-state index in [1.54, 1.807) is 0 Å². The van der Waals surface area contributed by atoms with Gasteiger partial charge in [-0.3, -0.25) is 0 Å². The smallest absolute Gasteiger partial charge is 0.00133 e. The molecule has 2 aliphatic carbocycles. The molecular formula is C100H98. The average molecular weight is 1300 g/mol. The lowest BCUT2D eigenvalue weighted by Crippen LogP contribution is -1.85. The van der Waals surface area contributed by atoms with Crippen molar-refractivity contribution >= 4 is 0 Å². The van der Waals surface area contributed by atoms with E-state index in [1.165, 1.54) is 178 Å². The molecule has 0 N–H and O–H groups in total. The van der Waals surface area contributed by atoms with E-state index in [0.717, 1.165) is 12.8 Å². The van der Waals surface area contributed by atoms with E-state index in [0.29, 0.717) is 0 Å². The summed E-state index contributed by atoms with van der Waals surface area (Å²) in [7, 11) is 0. The van der Waals surface area contributed by atoms with Gasteiger partial charge in [0.05, 0.1) is 0 Å². The van der Waals surface area contributed by atoms with Crippen molar-refractivity contribution in [3.63, 3.8) is 0 Å². The maximum Gasteiger partial charge on any atom is -0.00133 e. The van der Waals surface area contributed by atoms with E-state index < -0.39 is 0 Å². The number of aryl methyl sites for hydroxylation is 14. The van der Waals surface area contributed by atoms with Crippen LogP contribution in [0.1, 0.15) is 100 Å². The van der Waals surface area contributed by atoms with Gasteiger partial charge in [-0.1, -0.05) is 377 Å². The molecule has 0 unspecified atom stereocenters. The molecule has 14 aromatic rings. The minimum atomic E-state index is 1.10. The van der Waals surface area contributed by atoms with E-state index in [9.17, 15) is 0 Å². The standard InChI is InChI=1S/2C15H14.5C14H14/c1-10-3-5-14-12(7-10)9-13-8-11(2)4-6-15(13)14;1-10-3-5-12-9-13-6-4-11(2)8-15(13)14(12)7-10;1-11-3-7-13(8-4-11)14-9-5-12(2)6-10-14;1-11-5-3-7-13(9-11)14-8-4-6-12(2)10-14;1-11-7-3-5-9-13(11)14-10-6-4-8-12(14)2;1-11-6-8-13(9-7-11)14-5-3-4-12(2)10-14;1-11-7-9-13(10-8-11)14-6-4-3-5-12(14)2/h2*3-8H,9H2,1-2H3;5*3-10H,1-2H3.